The number of methoxy groups -OCH3 is 3. The first-order valence-electron chi connectivity index (χ1n) is 7.10. The second kappa shape index (κ2) is 6.84. The molecule has 26 heavy (non-hydrogen) atoms. The van der Waals surface area contributed by atoms with Crippen molar-refractivity contribution in [2.75, 3.05) is 26.1 Å². The van der Waals surface area contributed by atoms with Gasteiger partial charge in [-0.05, 0) is 6.07 Å². The molecule has 0 aliphatic heterocycles. The molecule has 0 spiro atoms. The summed E-state index contributed by atoms with van der Waals surface area (Å²) in [6.07, 6.45) is 1.39. The van der Waals surface area contributed by atoms with Crippen LogP contribution in [0.1, 0.15) is 0 Å². The van der Waals surface area contributed by atoms with Crippen LogP contribution in [0.2, 0.25) is 5.15 Å². The lowest BCUT2D eigenvalue weighted by Gasteiger charge is -2.10. The number of nitrogens with zero attached hydrogens (tertiary/aromatic N) is 4. The number of halogens is 1. The number of ether oxygens (including phenoxy) is 3. The van der Waals surface area contributed by atoms with Gasteiger partial charge in [0.1, 0.15) is 11.4 Å². The Morgan fingerprint density at radius 3 is 2.46 bits per heavy atom. The Kier molecular flexibility index (Phi) is 4.74. The number of fused-ring (bicyclic) bond motifs is 1. The summed E-state index contributed by atoms with van der Waals surface area (Å²) < 4.78 is 44.4. The van der Waals surface area contributed by atoms with Crippen molar-refractivity contribution in [2.45, 2.75) is 5.16 Å². The number of rotatable bonds is 6. The summed E-state index contributed by atoms with van der Waals surface area (Å²) >= 11 is 5.97. The molecule has 0 bridgehead atoms. The van der Waals surface area contributed by atoms with Gasteiger partial charge in [-0.25, -0.2) is 4.98 Å². The largest absolute Gasteiger partial charge is 0.494 e. The van der Waals surface area contributed by atoms with Gasteiger partial charge in [-0.1, -0.05) is 11.6 Å². The molecule has 0 unspecified atom stereocenters. The zero-order valence-corrected chi connectivity index (χ0v) is 15.5. The van der Waals surface area contributed by atoms with E-state index in [1.807, 2.05) is 0 Å². The number of hydrogen-bond acceptors (Lipinski definition) is 8. The minimum atomic E-state index is -4.19. The van der Waals surface area contributed by atoms with E-state index in [0.717, 1.165) is 0 Å². The predicted octanol–water partition coefficient (Wildman–Crippen LogP) is 1.60. The van der Waals surface area contributed by atoms with Crippen LogP contribution in [0.4, 0.5) is 5.69 Å². The number of hydrogen-bond donors (Lipinski definition) is 1. The van der Waals surface area contributed by atoms with Crippen LogP contribution in [-0.4, -0.2) is 49.3 Å². The highest BCUT2D eigenvalue weighted by molar-refractivity contribution is 7.92. The maximum Gasteiger partial charge on any atom is 0.299 e. The van der Waals surface area contributed by atoms with E-state index < -0.39 is 15.2 Å². The summed E-state index contributed by atoms with van der Waals surface area (Å²) in [7, 11) is 0.0484. The van der Waals surface area contributed by atoms with Gasteiger partial charge in [0.05, 0.1) is 21.3 Å². The standard InChI is InChI=1S/C14H14ClN5O5S/c1-23-8-6-7-16-12(15)11(8)19-26(21,22)14-17-13-9(24-2)4-5-10(25-3)20(13)18-14/h4-7,19H,1-3H3. The van der Waals surface area contributed by atoms with E-state index in [0.29, 0.717) is 5.75 Å². The Bertz CT molecular complexity index is 1030. The Morgan fingerprint density at radius 2 is 1.81 bits per heavy atom. The zero-order chi connectivity index (χ0) is 18.9. The van der Waals surface area contributed by atoms with Crippen LogP contribution in [0.3, 0.4) is 0 Å². The van der Waals surface area contributed by atoms with Gasteiger partial charge in [0, 0.05) is 18.3 Å². The van der Waals surface area contributed by atoms with Crippen LogP contribution in [0.15, 0.2) is 29.6 Å². The van der Waals surface area contributed by atoms with E-state index >= 15 is 0 Å². The normalized spacial score (nSPS) is 11.4. The summed E-state index contributed by atoms with van der Waals surface area (Å²) in [5, 5.41) is 3.42. The highest BCUT2D eigenvalue weighted by atomic mass is 35.5. The average molecular weight is 400 g/mol. The molecule has 12 heteroatoms. The third-order valence-electron chi connectivity index (χ3n) is 3.39. The monoisotopic (exact) mass is 399 g/mol. The first-order valence-corrected chi connectivity index (χ1v) is 8.96. The van der Waals surface area contributed by atoms with Gasteiger partial charge >= 0.3 is 0 Å². The lowest BCUT2D eigenvalue weighted by atomic mass is 10.4. The number of aromatic nitrogens is 4. The second-order valence-electron chi connectivity index (χ2n) is 4.86. The van der Waals surface area contributed by atoms with E-state index in [2.05, 4.69) is 19.8 Å². The Labute approximate surface area is 153 Å². The van der Waals surface area contributed by atoms with Gasteiger partial charge in [-0.2, -0.15) is 17.9 Å². The van der Waals surface area contributed by atoms with E-state index in [4.69, 9.17) is 25.8 Å². The number of anilines is 1. The molecule has 0 atom stereocenters. The van der Waals surface area contributed by atoms with Crippen molar-refractivity contribution in [3.05, 3.63) is 29.5 Å². The van der Waals surface area contributed by atoms with Gasteiger partial charge in [-0.3, -0.25) is 4.72 Å². The highest BCUT2D eigenvalue weighted by Gasteiger charge is 2.26. The minimum absolute atomic E-state index is 0.0190. The lowest BCUT2D eigenvalue weighted by molar-refractivity contribution is 0.378. The maximum atomic E-state index is 12.7. The minimum Gasteiger partial charge on any atom is -0.494 e. The van der Waals surface area contributed by atoms with Gasteiger partial charge in [0.2, 0.25) is 11.5 Å². The maximum absolute atomic E-state index is 12.7. The molecule has 0 saturated heterocycles. The fraction of sp³-hybridized carbons (Fsp3) is 0.214. The first-order chi connectivity index (χ1) is 12.4. The Balaban J connectivity index is 2.11. The fourth-order valence-corrected chi connectivity index (χ4v) is 3.39. The summed E-state index contributed by atoms with van der Waals surface area (Å²) in [6, 6.07) is 4.63. The molecule has 1 N–H and O–H groups in total. The van der Waals surface area contributed by atoms with Gasteiger partial charge in [0.15, 0.2) is 10.9 Å². The lowest BCUT2D eigenvalue weighted by Crippen LogP contribution is -2.16. The number of nitrogens with one attached hydrogen (secondary N) is 1. The molecule has 10 nitrogen and oxygen atoms in total. The number of sulfonamides is 1. The van der Waals surface area contributed by atoms with E-state index in [1.165, 1.54) is 38.1 Å². The molecule has 0 radical (unpaired) electrons. The molecule has 3 aromatic rings. The smallest absolute Gasteiger partial charge is 0.299 e. The molecule has 0 aliphatic rings. The van der Waals surface area contributed by atoms with Crippen LogP contribution in [0, 0.1) is 0 Å². The van der Waals surface area contributed by atoms with Crippen molar-refractivity contribution in [2.24, 2.45) is 0 Å². The van der Waals surface area contributed by atoms with Crippen LogP contribution in [-0.2, 0) is 10.0 Å². The third kappa shape index (κ3) is 3.06. The van der Waals surface area contributed by atoms with Crippen molar-refractivity contribution >= 4 is 33.0 Å². The van der Waals surface area contributed by atoms with Crippen molar-refractivity contribution < 1.29 is 22.6 Å². The average Bonchev–Trinajstić information content (AvgIpc) is 3.09. The topological polar surface area (TPSA) is 117 Å². The molecule has 0 aromatic carbocycles. The molecule has 0 fully saturated rings. The molecule has 3 rings (SSSR count). The van der Waals surface area contributed by atoms with Crippen molar-refractivity contribution in [1.82, 2.24) is 19.6 Å². The van der Waals surface area contributed by atoms with E-state index in [-0.39, 0.29) is 28.1 Å². The highest BCUT2D eigenvalue weighted by Crippen LogP contribution is 2.32. The summed E-state index contributed by atoms with van der Waals surface area (Å²) in [5.41, 5.74) is 0.158. The molecule has 0 amide bonds. The summed E-state index contributed by atoms with van der Waals surface area (Å²) in [6.45, 7) is 0. The Hall–Kier alpha value is -2.79. The van der Waals surface area contributed by atoms with Gasteiger partial charge in [0.25, 0.3) is 15.2 Å². The van der Waals surface area contributed by atoms with Gasteiger partial charge < -0.3 is 14.2 Å². The summed E-state index contributed by atoms with van der Waals surface area (Å²) in [4.78, 5) is 7.87. The fourth-order valence-electron chi connectivity index (χ4n) is 2.19. The SMILES string of the molecule is COc1ccnc(Cl)c1NS(=O)(=O)c1nc2c(OC)ccc(OC)n2n1. The predicted molar refractivity (Wildman–Crippen MR) is 92.7 cm³/mol. The Morgan fingerprint density at radius 1 is 1.08 bits per heavy atom. The molecule has 3 heterocycles. The molecule has 0 aliphatic carbocycles. The van der Waals surface area contributed by atoms with Crippen molar-refractivity contribution in [3.63, 3.8) is 0 Å². The molecule has 0 saturated carbocycles. The van der Waals surface area contributed by atoms with Crippen LogP contribution in [0.25, 0.3) is 5.65 Å². The van der Waals surface area contributed by atoms with Crippen molar-refractivity contribution in [1.29, 1.82) is 0 Å². The number of pyridine rings is 2. The molecular formula is C14H14ClN5O5S. The summed E-state index contributed by atoms with van der Waals surface area (Å²) in [5.74, 6) is 0.816. The van der Waals surface area contributed by atoms with Gasteiger partial charge in [-0.15, -0.1) is 5.10 Å². The quantitative estimate of drug-likeness (QED) is 0.621. The third-order valence-corrected chi connectivity index (χ3v) is 4.80. The van der Waals surface area contributed by atoms with Crippen LogP contribution >= 0.6 is 11.6 Å². The molecule has 3 aromatic heterocycles. The van der Waals surface area contributed by atoms with Crippen LogP contribution < -0.4 is 18.9 Å². The zero-order valence-electron chi connectivity index (χ0n) is 13.9. The van der Waals surface area contributed by atoms with E-state index in [1.54, 1.807) is 12.1 Å². The van der Waals surface area contributed by atoms with Crippen LogP contribution in [0.5, 0.6) is 17.4 Å². The molecule has 138 valence electrons. The van der Waals surface area contributed by atoms with Crippen molar-refractivity contribution in [3.8, 4) is 17.4 Å². The first kappa shape index (κ1) is 18.0. The molecular weight excluding hydrogens is 386 g/mol. The van der Waals surface area contributed by atoms with E-state index in [9.17, 15) is 8.42 Å². The second-order valence-corrected chi connectivity index (χ2v) is 6.79.